The molecule has 0 radical (unpaired) electrons. The van der Waals surface area contributed by atoms with Crippen LogP contribution in [-0.2, 0) is 17.6 Å². The summed E-state index contributed by atoms with van der Waals surface area (Å²) in [5, 5.41) is 4.57. The molecule has 4 rings (SSSR count). The molecule has 0 aromatic heterocycles. The SMILES string of the molecule is CCNC(=O)c1ccccc1Cc1cccc(-c2ccc(CC3SC(=O)NC3=O)cc2)c1. The van der Waals surface area contributed by atoms with Gasteiger partial charge in [0, 0.05) is 12.1 Å². The van der Waals surface area contributed by atoms with Gasteiger partial charge in [-0.05, 0) is 53.6 Å². The molecule has 0 spiro atoms. The van der Waals surface area contributed by atoms with Crippen molar-refractivity contribution in [3.05, 3.63) is 95.1 Å². The Morgan fingerprint density at radius 1 is 0.938 bits per heavy atom. The zero-order valence-corrected chi connectivity index (χ0v) is 18.6. The number of thioether (sulfide) groups is 1. The number of amides is 3. The molecule has 5 nitrogen and oxygen atoms in total. The molecule has 0 aliphatic carbocycles. The smallest absolute Gasteiger partial charge is 0.286 e. The summed E-state index contributed by atoms with van der Waals surface area (Å²) in [4.78, 5) is 35.5. The topological polar surface area (TPSA) is 75.3 Å². The van der Waals surface area contributed by atoms with E-state index in [-0.39, 0.29) is 22.3 Å². The third-order valence-corrected chi connectivity index (χ3v) is 6.38. The Balaban J connectivity index is 1.50. The molecule has 1 fully saturated rings. The molecule has 2 N–H and O–H groups in total. The lowest BCUT2D eigenvalue weighted by atomic mass is 9.95. The lowest BCUT2D eigenvalue weighted by Crippen LogP contribution is -2.25. The number of benzene rings is 3. The molecule has 0 bridgehead atoms. The van der Waals surface area contributed by atoms with Crippen molar-refractivity contribution in [1.29, 1.82) is 0 Å². The number of carbonyl (C=O) groups excluding carboxylic acids is 3. The Morgan fingerprint density at radius 2 is 1.72 bits per heavy atom. The first-order valence-electron chi connectivity index (χ1n) is 10.6. The van der Waals surface area contributed by atoms with Gasteiger partial charge < -0.3 is 5.32 Å². The maximum absolute atomic E-state index is 12.4. The molecule has 3 amide bonds. The second-order valence-corrected chi connectivity index (χ2v) is 8.85. The highest BCUT2D eigenvalue weighted by Crippen LogP contribution is 2.26. The van der Waals surface area contributed by atoms with Gasteiger partial charge in [-0.1, -0.05) is 78.5 Å². The Hall–Kier alpha value is -3.38. The van der Waals surface area contributed by atoms with Crippen molar-refractivity contribution in [3.8, 4) is 11.1 Å². The normalized spacial score (nSPS) is 15.5. The number of hydrogen-bond acceptors (Lipinski definition) is 4. The van der Waals surface area contributed by atoms with Crippen LogP contribution in [0.1, 0.15) is 34.0 Å². The molecule has 1 aliphatic rings. The van der Waals surface area contributed by atoms with Crippen molar-refractivity contribution in [3.63, 3.8) is 0 Å². The van der Waals surface area contributed by atoms with E-state index in [9.17, 15) is 14.4 Å². The van der Waals surface area contributed by atoms with Crippen molar-refractivity contribution in [2.45, 2.75) is 25.0 Å². The third kappa shape index (κ3) is 5.08. The Bertz CT molecular complexity index is 1160. The average molecular weight is 445 g/mol. The Kier molecular flexibility index (Phi) is 6.71. The van der Waals surface area contributed by atoms with Gasteiger partial charge in [-0.3, -0.25) is 19.7 Å². The fourth-order valence-electron chi connectivity index (χ4n) is 3.81. The standard InChI is InChI=1S/C26H24N2O3S/c1-2-27-24(29)22-9-4-3-7-21(22)15-18-6-5-8-20(14-18)19-12-10-17(11-13-19)16-23-25(30)28-26(31)32-23/h3-14,23H,2,15-16H2,1H3,(H,27,29)(H,28,30,31). The summed E-state index contributed by atoms with van der Waals surface area (Å²) in [5.41, 5.74) is 6.01. The molecule has 1 saturated heterocycles. The van der Waals surface area contributed by atoms with Gasteiger partial charge in [-0.2, -0.15) is 0 Å². The maximum Gasteiger partial charge on any atom is 0.286 e. The molecule has 162 valence electrons. The van der Waals surface area contributed by atoms with Crippen molar-refractivity contribution in [2.75, 3.05) is 6.54 Å². The fraction of sp³-hybridized carbons (Fsp3) is 0.192. The molecule has 6 heteroatoms. The third-order valence-electron chi connectivity index (χ3n) is 5.40. The Labute approximate surface area is 191 Å². The molecule has 3 aromatic carbocycles. The van der Waals surface area contributed by atoms with Gasteiger partial charge in [-0.25, -0.2) is 0 Å². The van der Waals surface area contributed by atoms with Crippen molar-refractivity contribution >= 4 is 28.8 Å². The van der Waals surface area contributed by atoms with E-state index in [1.807, 2.05) is 61.5 Å². The van der Waals surface area contributed by atoms with Gasteiger partial charge in [0.25, 0.3) is 11.1 Å². The minimum Gasteiger partial charge on any atom is -0.352 e. The van der Waals surface area contributed by atoms with Crippen molar-refractivity contribution in [2.24, 2.45) is 0 Å². The summed E-state index contributed by atoms with van der Waals surface area (Å²) in [6.45, 7) is 2.51. The minimum atomic E-state index is -0.360. The molecule has 1 heterocycles. The maximum atomic E-state index is 12.4. The minimum absolute atomic E-state index is 0.0503. The van der Waals surface area contributed by atoms with E-state index in [0.717, 1.165) is 39.6 Å². The van der Waals surface area contributed by atoms with E-state index in [0.29, 0.717) is 24.9 Å². The van der Waals surface area contributed by atoms with Crippen molar-refractivity contribution < 1.29 is 14.4 Å². The average Bonchev–Trinajstić information content (AvgIpc) is 3.11. The molecular weight excluding hydrogens is 420 g/mol. The monoisotopic (exact) mass is 444 g/mol. The van der Waals surface area contributed by atoms with Gasteiger partial charge in [0.15, 0.2) is 0 Å². The predicted molar refractivity (Wildman–Crippen MR) is 128 cm³/mol. The summed E-state index contributed by atoms with van der Waals surface area (Å²) in [5.74, 6) is -0.268. The van der Waals surface area contributed by atoms with Crippen LogP contribution in [-0.4, -0.2) is 28.8 Å². The number of nitrogens with one attached hydrogen (secondary N) is 2. The summed E-state index contributed by atoms with van der Waals surface area (Å²) < 4.78 is 0. The molecule has 32 heavy (non-hydrogen) atoms. The van der Waals surface area contributed by atoms with Crippen LogP contribution < -0.4 is 10.6 Å². The molecule has 0 saturated carbocycles. The lowest BCUT2D eigenvalue weighted by molar-refractivity contribution is -0.118. The van der Waals surface area contributed by atoms with E-state index in [2.05, 4.69) is 28.8 Å². The van der Waals surface area contributed by atoms with Gasteiger partial charge in [0.1, 0.15) is 0 Å². The van der Waals surface area contributed by atoms with Gasteiger partial charge in [-0.15, -0.1) is 0 Å². The van der Waals surface area contributed by atoms with Gasteiger partial charge >= 0.3 is 0 Å². The van der Waals surface area contributed by atoms with Crippen LogP contribution in [0.4, 0.5) is 4.79 Å². The highest BCUT2D eigenvalue weighted by Gasteiger charge is 2.31. The molecular formula is C26H24N2O3S. The summed E-state index contributed by atoms with van der Waals surface area (Å²) in [6.07, 6.45) is 1.19. The first kappa shape index (κ1) is 21.8. The van der Waals surface area contributed by atoms with E-state index in [1.165, 1.54) is 0 Å². The number of hydrogen-bond donors (Lipinski definition) is 2. The van der Waals surface area contributed by atoms with Crippen LogP contribution >= 0.6 is 11.8 Å². The fourth-order valence-corrected chi connectivity index (χ4v) is 4.67. The quantitative estimate of drug-likeness (QED) is 0.559. The van der Waals surface area contributed by atoms with Crippen molar-refractivity contribution in [1.82, 2.24) is 10.6 Å². The lowest BCUT2D eigenvalue weighted by Gasteiger charge is -2.11. The highest BCUT2D eigenvalue weighted by molar-refractivity contribution is 8.15. The van der Waals surface area contributed by atoms with E-state index < -0.39 is 0 Å². The van der Waals surface area contributed by atoms with Crippen LogP contribution in [0.15, 0.2) is 72.8 Å². The first-order chi connectivity index (χ1) is 15.5. The van der Waals surface area contributed by atoms with Crippen LogP contribution in [0, 0.1) is 0 Å². The molecule has 1 atom stereocenters. The van der Waals surface area contributed by atoms with Gasteiger partial charge in [0.2, 0.25) is 5.91 Å². The zero-order valence-electron chi connectivity index (χ0n) is 17.8. The number of imide groups is 1. The summed E-state index contributed by atoms with van der Waals surface area (Å²) in [7, 11) is 0. The first-order valence-corrected chi connectivity index (χ1v) is 11.5. The largest absolute Gasteiger partial charge is 0.352 e. The summed E-state index contributed by atoms with van der Waals surface area (Å²) in [6, 6.07) is 24.1. The van der Waals surface area contributed by atoms with Crippen LogP contribution in [0.25, 0.3) is 11.1 Å². The molecule has 3 aromatic rings. The molecule has 1 aliphatic heterocycles. The predicted octanol–water partition coefficient (Wildman–Crippen LogP) is 4.59. The molecule has 1 unspecified atom stereocenters. The van der Waals surface area contributed by atoms with Crippen LogP contribution in [0.5, 0.6) is 0 Å². The Morgan fingerprint density at radius 3 is 2.44 bits per heavy atom. The van der Waals surface area contributed by atoms with Crippen LogP contribution in [0.2, 0.25) is 0 Å². The van der Waals surface area contributed by atoms with Crippen LogP contribution in [0.3, 0.4) is 0 Å². The second kappa shape index (κ2) is 9.83. The zero-order chi connectivity index (χ0) is 22.5. The van der Waals surface area contributed by atoms with Gasteiger partial charge in [0.05, 0.1) is 5.25 Å². The van der Waals surface area contributed by atoms with E-state index in [1.54, 1.807) is 0 Å². The van der Waals surface area contributed by atoms with E-state index >= 15 is 0 Å². The second-order valence-electron chi connectivity index (χ2n) is 7.68. The number of rotatable bonds is 7. The highest BCUT2D eigenvalue weighted by atomic mass is 32.2. The number of carbonyl (C=O) groups is 3. The van der Waals surface area contributed by atoms with E-state index in [4.69, 9.17) is 0 Å². The summed E-state index contributed by atoms with van der Waals surface area (Å²) >= 11 is 1.05.